The van der Waals surface area contributed by atoms with Crippen LogP contribution in [-0.4, -0.2) is 46.6 Å². The fourth-order valence-corrected chi connectivity index (χ4v) is 8.12. The van der Waals surface area contributed by atoms with Crippen LogP contribution in [0, 0.1) is 5.41 Å². The summed E-state index contributed by atoms with van der Waals surface area (Å²) in [6, 6.07) is 0.310. The third-order valence-electron chi connectivity index (χ3n) is 5.66. The number of carbonyl (C=O) groups is 1. The van der Waals surface area contributed by atoms with E-state index in [0.29, 0.717) is 30.2 Å². The van der Waals surface area contributed by atoms with Crippen LogP contribution >= 0.6 is 30.4 Å². The minimum atomic E-state index is -2.59. The van der Waals surface area contributed by atoms with Crippen molar-refractivity contribution in [3.8, 4) is 0 Å². The minimum Gasteiger partial charge on any atom is -0.317 e. The van der Waals surface area contributed by atoms with Crippen LogP contribution in [-0.2, 0) is 25.7 Å². The first-order valence-corrected chi connectivity index (χ1v) is 15.0. The first-order valence-electron chi connectivity index (χ1n) is 10.2. The van der Waals surface area contributed by atoms with Gasteiger partial charge in [0.2, 0.25) is 0 Å². The topological polar surface area (TPSA) is 72.4 Å². The molecule has 2 aliphatic rings. The maximum atomic E-state index is 11.9. The minimum absolute atomic E-state index is 0.0560. The van der Waals surface area contributed by atoms with Gasteiger partial charge < -0.3 is 14.4 Å². The van der Waals surface area contributed by atoms with E-state index in [4.69, 9.17) is 25.7 Å². The molecule has 29 heavy (non-hydrogen) atoms. The third kappa shape index (κ3) is 7.37. The highest BCUT2D eigenvalue weighted by molar-refractivity contribution is 8.15. The number of amides is 1. The third-order valence-corrected chi connectivity index (χ3v) is 11.3. The molecule has 0 spiro atoms. The number of carbonyl (C=O) groups excluding carboxylic acids is 1. The Morgan fingerprint density at radius 3 is 2.45 bits per heavy atom. The summed E-state index contributed by atoms with van der Waals surface area (Å²) in [6.45, 7) is 4.83. The molecule has 1 amide bonds. The van der Waals surface area contributed by atoms with Crippen molar-refractivity contribution >= 4 is 53.3 Å². The van der Waals surface area contributed by atoms with Gasteiger partial charge in [0, 0.05) is 11.5 Å². The Bertz CT molecular complexity index is 599. The largest absolute Gasteiger partial charge is 0.434 e. The number of hydrogen-bond acceptors (Lipinski definition) is 8. The molecule has 0 aromatic carbocycles. The van der Waals surface area contributed by atoms with Crippen molar-refractivity contribution in [2.24, 2.45) is 10.6 Å². The summed E-state index contributed by atoms with van der Waals surface area (Å²) in [6.07, 6.45) is 9.10. The summed E-state index contributed by atoms with van der Waals surface area (Å²) in [5.41, 5.74) is 0.0560. The van der Waals surface area contributed by atoms with Crippen molar-refractivity contribution in [1.82, 2.24) is 9.39 Å². The van der Waals surface area contributed by atoms with E-state index in [1.54, 1.807) is 6.92 Å². The van der Waals surface area contributed by atoms with E-state index in [-0.39, 0.29) is 5.41 Å². The smallest absolute Gasteiger partial charge is 0.317 e. The van der Waals surface area contributed by atoms with Crippen LogP contribution < -0.4 is 5.32 Å². The molecule has 0 aromatic rings. The molecule has 0 unspecified atom stereocenters. The normalized spacial score (nSPS) is 22.4. The monoisotopic (exact) mass is 483 g/mol. The van der Waals surface area contributed by atoms with E-state index in [9.17, 15) is 4.79 Å². The Morgan fingerprint density at radius 1 is 1.28 bits per heavy atom. The van der Waals surface area contributed by atoms with Crippen LogP contribution in [0.5, 0.6) is 0 Å². The van der Waals surface area contributed by atoms with Crippen LogP contribution in [0.2, 0.25) is 0 Å². The van der Waals surface area contributed by atoms with Gasteiger partial charge in [-0.2, -0.15) is 4.08 Å². The number of nitrogens with one attached hydrogen (secondary N) is 1. The lowest BCUT2D eigenvalue weighted by atomic mass is 9.84. The van der Waals surface area contributed by atoms with E-state index in [0.717, 1.165) is 25.7 Å². The molecule has 1 N–H and O–H groups in total. The molecular formula is C18H34N3O4PS3. The molecule has 2 rings (SSSR count). The lowest BCUT2D eigenvalue weighted by molar-refractivity contribution is 0.0164. The van der Waals surface area contributed by atoms with Crippen LogP contribution in [0.4, 0.5) is 4.79 Å². The lowest BCUT2D eigenvalue weighted by Crippen LogP contribution is -2.40. The molecule has 1 aliphatic carbocycles. The molecule has 0 aromatic heterocycles. The van der Waals surface area contributed by atoms with Crippen LogP contribution in [0.15, 0.2) is 5.16 Å². The number of thioether (sulfide) groups is 1. The molecule has 1 aliphatic heterocycles. The maximum absolute atomic E-state index is 11.9. The lowest BCUT2D eigenvalue weighted by Gasteiger charge is -2.46. The molecule has 0 bridgehead atoms. The second kappa shape index (κ2) is 12.3. The highest BCUT2D eigenvalue weighted by Gasteiger charge is 2.43. The Balaban J connectivity index is 1.98. The van der Waals surface area contributed by atoms with Crippen molar-refractivity contribution in [2.75, 3.05) is 25.3 Å². The van der Waals surface area contributed by atoms with E-state index in [1.165, 1.54) is 43.0 Å². The number of rotatable bonds is 8. The Hall–Kier alpha value is 0.170. The van der Waals surface area contributed by atoms with Gasteiger partial charge in [-0.05, 0) is 62.6 Å². The second-order valence-corrected chi connectivity index (χ2v) is 12.9. The summed E-state index contributed by atoms with van der Waals surface area (Å²) in [5.74, 6) is 0.334. The van der Waals surface area contributed by atoms with Gasteiger partial charge in [0.25, 0.3) is 6.64 Å². The maximum Gasteiger partial charge on any atom is 0.434 e. The van der Waals surface area contributed by atoms with Gasteiger partial charge in [-0.25, -0.2) is 4.79 Å². The predicted molar refractivity (Wildman–Crippen MR) is 127 cm³/mol. The fraction of sp³-hybridized carbons (Fsp3) is 0.889. The Kier molecular flexibility index (Phi) is 10.8. The highest BCUT2D eigenvalue weighted by Crippen LogP contribution is 2.62. The summed E-state index contributed by atoms with van der Waals surface area (Å²) in [4.78, 5) is 16.7. The average molecular weight is 484 g/mol. The van der Waals surface area contributed by atoms with Crippen molar-refractivity contribution in [2.45, 2.75) is 71.8 Å². The Morgan fingerprint density at radius 2 is 1.90 bits per heavy atom. The standard InChI is InChI=1S/C18H34N3O4PS3/c1-5-18(6-2)12-23-26(27,24-13-18)21(16-10-8-7-9-11-16)29-14-19-17(22)25-20-15(3)28-4/h16H,5-14H2,1-4H3,(H,19,22). The van der Waals surface area contributed by atoms with Gasteiger partial charge >= 0.3 is 6.09 Å². The molecule has 0 atom stereocenters. The first-order chi connectivity index (χ1) is 13.9. The fourth-order valence-electron chi connectivity index (χ4n) is 3.30. The Labute approximate surface area is 188 Å². The molecule has 0 radical (unpaired) electrons. The molecule has 11 heteroatoms. The van der Waals surface area contributed by atoms with E-state index in [1.807, 2.05) is 6.26 Å². The van der Waals surface area contributed by atoms with Crippen molar-refractivity contribution in [3.05, 3.63) is 0 Å². The van der Waals surface area contributed by atoms with Gasteiger partial charge in [-0.15, -0.1) is 11.8 Å². The molecular weight excluding hydrogens is 449 g/mol. The molecule has 2 fully saturated rings. The second-order valence-electron chi connectivity index (χ2n) is 7.46. The summed E-state index contributed by atoms with van der Waals surface area (Å²) < 4.78 is 14.7. The van der Waals surface area contributed by atoms with Crippen LogP contribution in [0.3, 0.4) is 0 Å². The number of nitrogens with zero attached hydrogens (tertiary/aromatic N) is 2. The summed E-state index contributed by atoms with van der Waals surface area (Å²) in [7, 11) is 0. The summed E-state index contributed by atoms with van der Waals surface area (Å²) in [5, 5.41) is 7.17. The van der Waals surface area contributed by atoms with Gasteiger partial charge in [-0.3, -0.25) is 4.84 Å². The molecule has 1 saturated heterocycles. The van der Waals surface area contributed by atoms with Crippen molar-refractivity contribution in [3.63, 3.8) is 0 Å². The number of oxime groups is 1. The van der Waals surface area contributed by atoms with Crippen molar-refractivity contribution < 1.29 is 18.7 Å². The summed E-state index contributed by atoms with van der Waals surface area (Å²) >= 11 is 8.84. The SMILES string of the molecule is CCC1(CC)COP(=S)(N(SCNC(=O)ON=C(C)SC)C2CCCCC2)OC1. The van der Waals surface area contributed by atoms with E-state index in [2.05, 4.69) is 28.4 Å². The highest BCUT2D eigenvalue weighted by atomic mass is 32.5. The van der Waals surface area contributed by atoms with Gasteiger partial charge in [0.05, 0.1) is 19.1 Å². The van der Waals surface area contributed by atoms with Gasteiger partial charge in [-0.1, -0.05) is 38.3 Å². The van der Waals surface area contributed by atoms with E-state index < -0.39 is 12.7 Å². The number of hydrogen-bond donors (Lipinski definition) is 1. The zero-order valence-corrected chi connectivity index (χ0v) is 21.2. The zero-order chi connectivity index (χ0) is 21.3. The quantitative estimate of drug-likeness (QED) is 0.0893. The van der Waals surface area contributed by atoms with Crippen LogP contribution in [0.25, 0.3) is 0 Å². The van der Waals surface area contributed by atoms with Crippen molar-refractivity contribution in [1.29, 1.82) is 0 Å². The first kappa shape index (κ1) is 25.4. The molecule has 1 saturated carbocycles. The zero-order valence-electron chi connectivity index (χ0n) is 17.8. The van der Waals surface area contributed by atoms with Gasteiger partial charge in [0.15, 0.2) is 0 Å². The van der Waals surface area contributed by atoms with Crippen LogP contribution in [0.1, 0.15) is 65.7 Å². The predicted octanol–water partition coefficient (Wildman–Crippen LogP) is 5.73. The molecule has 1 heterocycles. The van der Waals surface area contributed by atoms with Gasteiger partial charge in [0.1, 0.15) is 5.04 Å². The average Bonchev–Trinajstić information content (AvgIpc) is 2.76. The van der Waals surface area contributed by atoms with E-state index >= 15 is 0 Å². The molecule has 168 valence electrons. The molecule has 7 nitrogen and oxygen atoms in total.